The van der Waals surface area contributed by atoms with Crippen LogP contribution in [0.5, 0.6) is 5.75 Å². The highest BCUT2D eigenvalue weighted by Gasteiger charge is 2.14. The lowest BCUT2D eigenvalue weighted by atomic mass is 10.0. The second-order valence-corrected chi connectivity index (χ2v) is 4.08. The lowest BCUT2D eigenvalue weighted by Crippen LogP contribution is -1.97. The van der Waals surface area contributed by atoms with Gasteiger partial charge in [-0.25, -0.2) is 4.39 Å². The van der Waals surface area contributed by atoms with Gasteiger partial charge in [-0.3, -0.25) is 4.68 Å². The molecule has 0 radical (unpaired) electrons. The van der Waals surface area contributed by atoms with Crippen molar-refractivity contribution in [1.82, 2.24) is 9.78 Å². The number of aryl methyl sites for hydroxylation is 2. The maximum atomic E-state index is 13.7. The second kappa shape index (κ2) is 4.68. The van der Waals surface area contributed by atoms with E-state index in [4.69, 9.17) is 10.5 Å². The molecule has 1 aromatic carbocycles. The molecule has 0 saturated carbocycles. The molecule has 1 heterocycles. The summed E-state index contributed by atoms with van der Waals surface area (Å²) in [5.41, 5.74) is 7.82. The molecule has 2 aromatic rings. The smallest absolute Gasteiger partial charge is 0.131 e. The lowest BCUT2D eigenvalue weighted by Gasteiger charge is -2.09. The topological polar surface area (TPSA) is 53.1 Å². The van der Waals surface area contributed by atoms with Gasteiger partial charge in [-0.15, -0.1) is 0 Å². The van der Waals surface area contributed by atoms with Crippen molar-refractivity contribution in [3.05, 3.63) is 29.6 Å². The molecule has 18 heavy (non-hydrogen) atoms. The molecule has 4 nitrogen and oxygen atoms in total. The summed E-state index contributed by atoms with van der Waals surface area (Å²) in [6.07, 6.45) is 0.616. The minimum atomic E-state index is -0.262. The number of ether oxygens (including phenoxy) is 1. The lowest BCUT2D eigenvalue weighted by molar-refractivity contribution is 0.412. The first kappa shape index (κ1) is 12.4. The summed E-state index contributed by atoms with van der Waals surface area (Å²) in [5.74, 6) is 0.749. The van der Waals surface area contributed by atoms with Crippen LogP contribution in [0, 0.1) is 5.82 Å². The highest BCUT2D eigenvalue weighted by atomic mass is 19.1. The fraction of sp³-hybridized carbons (Fsp3) is 0.308. The molecule has 0 aliphatic carbocycles. The molecule has 5 heteroatoms. The maximum absolute atomic E-state index is 13.7. The first-order chi connectivity index (χ1) is 8.56. The number of hydrogen-bond donors (Lipinski definition) is 1. The number of nitrogens with two attached hydrogens (primary N) is 1. The van der Waals surface area contributed by atoms with Gasteiger partial charge in [0.15, 0.2) is 0 Å². The molecule has 0 aliphatic rings. The first-order valence-electron chi connectivity index (χ1n) is 5.73. The number of halogens is 1. The number of benzene rings is 1. The predicted octanol–water partition coefficient (Wildman–Crippen LogP) is 2.38. The zero-order valence-electron chi connectivity index (χ0n) is 10.7. The zero-order chi connectivity index (χ0) is 13.3. The van der Waals surface area contributed by atoms with Crippen LogP contribution < -0.4 is 10.5 Å². The summed E-state index contributed by atoms with van der Waals surface area (Å²) in [5, 5.41) is 4.28. The van der Waals surface area contributed by atoms with Crippen molar-refractivity contribution < 1.29 is 9.13 Å². The third kappa shape index (κ3) is 2.03. The van der Waals surface area contributed by atoms with E-state index in [1.165, 1.54) is 13.2 Å². The van der Waals surface area contributed by atoms with Crippen LogP contribution in [0.25, 0.3) is 11.3 Å². The van der Waals surface area contributed by atoms with Crippen molar-refractivity contribution in [3.8, 4) is 17.0 Å². The molecule has 1 aromatic heterocycles. The molecule has 2 rings (SSSR count). The Hall–Kier alpha value is -2.04. The van der Waals surface area contributed by atoms with Gasteiger partial charge in [-0.1, -0.05) is 6.92 Å². The quantitative estimate of drug-likeness (QED) is 0.908. The van der Waals surface area contributed by atoms with Crippen molar-refractivity contribution in [2.24, 2.45) is 7.05 Å². The normalized spacial score (nSPS) is 10.7. The largest absolute Gasteiger partial charge is 0.496 e. The molecule has 0 spiro atoms. The number of anilines is 1. The summed E-state index contributed by atoms with van der Waals surface area (Å²) >= 11 is 0. The number of methoxy groups -OCH3 is 1. The average molecular weight is 249 g/mol. The molecule has 0 bridgehead atoms. The molecule has 2 N–H and O–H groups in total. The van der Waals surface area contributed by atoms with Crippen LogP contribution >= 0.6 is 0 Å². The van der Waals surface area contributed by atoms with E-state index in [-0.39, 0.29) is 5.82 Å². The van der Waals surface area contributed by atoms with Gasteiger partial charge in [-0.2, -0.15) is 5.10 Å². The van der Waals surface area contributed by atoms with Crippen molar-refractivity contribution >= 4 is 5.82 Å². The maximum Gasteiger partial charge on any atom is 0.131 e. The standard InChI is InChI=1S/C13H16FN3O/c1-4-8-5-9(12(18-3)6-10(8)14)11-7-13(15)17(2)16-11/h5-7H,4,15H2,1-3H3. The summed E-state index contributed by atoms with van der Waals surface area (Å²) in [6.45, 7) is 1.90. The van der Waals surface area contributed by atoms with E-state index in [0.29, 0.717) is 29.2 Å². The number of nitrogen functional groups attached to an aromatic ring is 1. The molecule has 0 fully saturated rings. The average Bonchev–Trinajstić information content (AvgIpc) is 2.69. The van der Waals surface area contributed by atoms with E-state index in [0.717, 1.165) is 5.56 Å². The number of nitrogens with zero attached hydrogens (tertiary/aromatic N) is 2. The van der Waals surface area contributed by atoms with Crippen molar-refractivity contribution in [3.63, 3.8) is 0 Å². The monoisotopic (exact) mass is 249 g/mol. The highest BCUT2D eigenvalue weighted by molar-refractivity contribution is 5.70. The van der Waals surface area contributed by atoms with Crippen molar-refractivity contribution in [1.29, 1.82) is 0 Å². The van der Waals surface area contributed by atoms with E-state index in [1.807, 2.05) is 6.92 Å². The summed E-state index contributed by atoms with van der Waals surface area (Å²) in [6, 6.07) is 4.89. The Morgan fingerprint density at radius 3 is 2.61 bits per heavy atom. The van der Waals surface area contributed by atoms with Crippen LogP contribution in [-0.4, -0.2) is 16.9 Å². The molecule has 0 atom stereocenters. The summed E-state index contributed by atoms with van der Waals surface area (Å²) in [4.78, 5) is 0. The Kier molecular flexibility index (Phi) is 3.23. The molecule has 0 amide bonds. The minimum Gasteiger partial charge on any atom is -0.496 e. The van der Waals surface area contributed by atoms with Gasteiger partial charge in [0.1, 0.15) is 17.4 Å². The summed E-state index contributed by atoms with van der Waals surface area (Å²) in [7, 11) is 3.27. The van der Waals surface area contributed by atoms with Crippen LogP contribution in [0.2, 0.25) is 0 Å². The van der Waals surface area contributed by atoms with Gasteiger partial charge in [0.25, 0.3) is 0 Å². The van der Waals surface area contributed by atoms with Crippen LogP contribution in [0.1, 0.15) is 12.5 Å². The molecule has 96 valence electrons. The third-order valence-corrected chi connectivity index (χ3v) is 2.94. The van der Waals surface area contributed by atoms with Crippen LogP contribution in [0.15, 0.2) is 18.2 Å². The van der Waals surface area contributed by atoms with Crippen molar-refractivity contribution in [2.45, 2.75) is 13.3 Å². The van der Waals surface area contributed by atoms with E-state index >= 15 is 0 Å². The Labute approximate surface area is 105 Å². The Balaban J connectivity index is 2.61. The van der Waals surface area contributed by atoms with E-state index < -0.39 is 0 Å². The molecular formula is C13H16FN3O. The fourth-order valence-electron chi connectivity index (χ4n) is 1.85. The van der Waals surface area contributed by atoms with E-state index in [9.17, 15) is 4.39 Å². The highest BCUT2D eigenvalue weighted by Crippen LogP contribution is 2.32. The van der Waals surface area contributed by atoms with E-state index in [1.54, 1.807) is 23.9 Å². The van der Waals surface area contributed by atoms with E-state index in [2.05, 4.69) is 5.10 Å². The predicted molar refractivity (Wildman–Crippen MR) is 68.9 cm³/mol. The molecular weight excluding hydrogens is 233 g/mol. The van der Waals surface area contributed by atoms with Gasteiger partial charge in [0.05, 0.1) is 12.8 Å². The first-order valence-corrected chi connectivity index (χ1v) is 5.73. The van der Waals surface area contributed by atoms with Gasteiger partial charge in [-0.05, 0) is 18.1 Å². The SMILES string of the molecule is CCc1cc(-c2cc(N)n(C)n2)c(OC)cc1F. The molecule has 0 aliphatic heterocycles. The third-order valence-electron chi connectivity index (χ3n) is 2.94. The fourth-order valence-corrected chi connectivity index (χ4v) is 1.85. The minimum absolute atomic E-state index is 0.262. The zero-order valence-corrected chi connectivity index (χ0v) is 10.7. The van der Waals surface area contributed by atoms with Crippen LogP contribution in [0.4, 0.5) is 10.2 Å². The van der Waals surface area contributed by atoms with Gasteiger partial charge in [0, 0.05) is 24.7 Å². The Morgan fingerprint density at radius 1 is 1.39 bits per heavy atom. The number of rotatable bonds is 3. The Morgan fingerprint density at radius 2 is 2.11 bits per heavy atom. The van der Waals surface area contributed by atoms with Crippen molar-refractivity contribution in [2.75, 3.05) is 12.8 Å². The van der Waals surface area contributed by atoms with Crippen LogP contribution in [-0.2, 0) is 13.5 Å². The second-order valence-electron chi connectivity index (χ2n) is 4.08. The van der Waals surface area contributed by atoms with Crippen LogP contribution in [0.3, 0.4) is 0 Å². The summed E-state index contributed by atoms with van der Waals surface area (Å²) < 4.78 is 20.5. The molecule has 0 unspecified atom stereocenters. The molecule has 0 saturated heterocycles. The number of hydrogen-bond acceptors (Lipinski definition) is 3. The van der Waals surface area contributed by atoms with Gasteiger partial charge >= 0.3 is 0 Å². The van der Waals surface area contributed by atoms with Gasteiger partial charge in [0.2, 0.25) is 0 Å². The number of aromatic nitrogens is 2. The Bertz CT molecular complexity index is 558. The van der Waals surface area contributed by atoms with Gasteiger partial charge < -0.3 is 10.5 Å².